The van der Waals surface area contributed by atoms with Gasteiger partial charge in [0.05, 0.1) is 0 Å². The Balaban J connectivity index is 2.90. The second-order valence-corrected chi connectivity index (χ2v) is 4.80. The Morgan fingerprint density at radius 3 is 2.65 bits per heavy atom. The maximum absolute atomic E-state index is 4.54. The Hall–Kier alpha value is -1.15. The van der Waals surface area contributed by atoms with Crippen LogP contribution in [0.1, 0.15) is 49.7 Å². The number of nitrogens with zero attached hydrogens (tertiary/aromatic N) is 1. The Bertz CT molecular complexity index is 383. The van der Waals surface area contributed by atoms with E-state index in [0.29, 0.717) is 6.04 Å². The van der Waals surface area contributed by atoms with Crippen LogP contribution in [-0.4, -0.2) is 11.5 Å². The fourth-order valence-corrected chi connectivity index (χ4v) is 2.02. The molecular formula is C15H24N2. The van der Waals surface area contributed by atoms with Crippen molar-refractivity contribution in [2.75, 3.05) is 6.54 Å². The quantitative estimate of drug-likeness (QED) is 0.756. The summed E-state index contributed by atoms with van der Waals surface area (Å²) in [6.45, 7) is 13.4. The molecule has 1 unspecified atom stereocenters. The first kappa shape index (κ1) is 13.9. The summed E-state index contributed by atoms with van der Waals surface area (Å²) in [5, 5.41) is 3.58. The number of pyridine rings is 1. The Kier molecular flexibility index (Phi) is 5.36. The molecule has 0 aliphatic heterocycles. The van der Waals surface area contributed by atoms with Crippen molar-refractivity contribution in [1.29, 1.82) is 0 Å². The minimum atomic E-state index is 0.348. The van der Waals surface area contributed by atoms with Crippen molar-refractivity contribution in [2.45, 2.75) is 46.6 Å². The topological polar surface area (TPSA) is 24.9 Å². The van der Waals surface area contributed by atoms with Gasteiger partial charge in [-0.1, -0.05) is 18.6 Å². The molecule has 0 spiro atoms. The maximum atomic E-state index is 4.54. The zero-order valence-electron chi connectivity index (χ0n) is 11.5. The zero-order chi connectivity index (χ0) is 12.8. The van der Waals surface area contributed by atoms with Crippen molar-refractivity contribution in [1.82, 2.24) is 10.3 Å². The van der Waals surface area contributed by atoms with Gasteiger partial charge in [0.1, 0.15) is 0 Å². The summed E-state index contributed by atoms with van der Waals surface area (Å²) < 4.78 is 0. The van der Waals surface area contributed by atoms with Gasteiger partial charge in [0.25, 0.3) is 0 Å². The third-order valence-electron chi connectivity index (χ3n) is 2.83. The predicted octanol–water partition coefficient (Wildman–Crippen LogP) is 3.71. The van der Waals surface area contributed by atoms with Crippen molar-refractivity contribution < 1.29 is 0 Å². The smallest absolute Gasteiger partial charge is 0.0423 e. The number of aromatic nitrogens is 1. The molecule has 1 heterocycles. The number of hydrogen-bond acceptors (Lipinski definition) is 2. The molecule has 1 aromatic rings. The molecular weight excluding hydrogens is 208 g/mol. The van der Waals surface area contributed by atoms with Crippen LogP contribution < -0.4 is 5.32 Å². The molecule has 2 nitrogen and oxygen atoms in total. The van der Waals surface area contributed by atoms with Crippen LogP contribution in [0, 0.1) is 13.8 Å². The monoisotopic (exact) mass is 232 g/mol. The lowest BCUT2D eigenvalue weighted by atomic mass is 9.98. The largest absolute Gasteiger partial charge is 0.310 e. The number of aryl methyl sites for hydroxylation is 2. The van der Waals surface area contributed by atoms with Crippen LogP contribution in [0.4, 0.5) is 0 Å². The van der Waals surface area contributed by atoms with E-state index in [0.717, 1.165) is 30.8 Å². The first-order valence-corrected chi connectivity index (χ1v) is 6.36. The molecule has 0 aromatic carbocycles. The Labute approximate surface area is 105 Å². The van der Waals surface area contributed by atoms with Crippen molar-refractivity contribution >= 4 is 0 Å². The second-order valence-electron chi connectivity index (χ2n) is 4.80. The van der Waals surface area contributed by atoms with Gasteiger partial charge < -0.3 is 5.32 Å². The zero-order valence-corrected chi connectivity index (χ0v) is 11.5. The molecule has 1 aromatic heterocycles. The lowest BCUT2D eigenvalue weighted by molar-refractivity contribution is 0.524. The van der Waals surface area contributed by atoms with Crippen LogP contribution >= 0.6 is 0 Å². The van der Waals surface area contributed by atoms with E-state index in [1.165, 1.54) is 11.1 Å². The summed E-state index contributed by atoms with van der Waals surface area (Å²) in [5.41, 5.74) is 4.71. The summed E-state index contributed by atoms with van der Waals surface area (Å²) in [6, 6.07) is 4.62. The minimum absolute atomic E-state index is 0.348. The third-order valence-corrected chi connectivity index (χ3v) is 2.83. The number of nitrogens with one attached hydrogen (secondary N) is 1. The van der Waals surface area contributed by atoms with Crippen LogP contribution in [0.3, 0.4) is 0 Å². The number of rotatable bonds is 6. The summed E-state index contributed by atoms with van der Waals surface area (Å²) in [4.78, 5) is 4.54. The fourth-order valence-electron chi connectivity index (χ4n) is 2.02. The highest BCUT2D eigenvalue weighted by molar-refractivity contribution is 5.26. The van der Waals surface area contributed by atoms with Gasteiger partial charge in [-0.2, -0.15) is 0 Å². The molecule has 0 amide bonds. The standard InChI is InChI=1S/C15H24N2/c1-6-9-16-15(10-11(2)3)14-8-7-12(4)17-13(14)5/h7-8,15-16H,2,6,9-10H2,1,3-5H3. The highest BCUT2D eigenvalue weighted by Gasteiger charge is 2.13. The van der Waals surface area contributed by atoms with E-state index in [4.69, 9.17) is 0 Å². The first-order valence-electron chi connectivity index (χ1n) is 6.36. The molecule has 0 bridgehead atoms. The molecule has 0 aliphatic carbocycles. The molecule has 2 heteroatoms. The van der Waals surface area contributed by atoms with Gasteiger partial charge in [-0.05, 0) is 51.8 Å². The average Bonchev–Trinajstić information content (AvgIpc) is 2.24. The van der Waals surface area contributed by atoms with Crippen molar-refractivity contribution in [2.24, 2.45) is 0 Å². The van der Waals surface area contributed by atoms with Crippen LogP contribution in [0.15, 0.2) is 24.3 Å². The van der Waals surface area contributed by atoms with Crippen molar-refractivity contribution in [3.05, 3.63) is 41.2 Å². The molecule has 0 radical (unpaired) electrons. The first-order chi connectivity index (χ1) is 8.04. The van der Waals surface area contributed by atoms with Crippen molar-refractivity contribution in [3.63, 3.8) is 0 Å². The number of hydrogen-bond donors (Lipinski definition) is 1. The van der Waals surface area contributed by atoms with Crippen LogP contribution in [0.25, 0.3) is 0 Å². The molecule has 1 atom stereocenters. The summed E-state index contributed by atoms with van der Waals surface area (Å²) in [6.07, 6.45) is 2.12. The van der Waals surface area contributed by atoms with E-state index < -0.39 is 0 Å². The molecule has 17 heavy (non-hydrogen) atoms. The van der Waals surface area contributed by atoms with Gasteiger partial charge in [0.15, 0.2) is 0 Å². The van der Waals surface area contributed by atoms with E-state index in [1.807, 2.05) is 6.92 Å². The summed E-state index contributed by atoms with van der Waals surface area (Å²) in [7, 11) is 0. The predicted molar refractivity (Wildman–Crippen MR) is 74.2 cm³/mol. The highest BCUT2D eigenvalue weighted by Crippen LogP contribution is 2.22. The molecule has 1 rings (SSSR count). The average molecular weight is 232 g/mol. The summed E-state index contributed by atoms with van der Waals surface area (Å²) in [5.74, 6) is 0. The van der Waals surface area contributed by atoms with Gasteiger partial charge in [-0.3, -0.25) is 4.98 Å². The van der Waals surface area contributed by atoms with E-state index in [1.54, 1.807) is 0 Å². The fraction of sp³-hybridized carbons (Fsp3) is 0.533. The molecule has 0 saturated carbocycles. The van der Waals surface area contributed by atoms with Crippen LogP contribution in [-0.2, 0) is 0 Å². The van der Waals surface area contributed by atoms with Gasteiger partial charge in [-0.25, -0.2) is 0 Å². The third kappa shape index (κ3) is 4.31. The van der Waals surface area contributed by atoms with E-state index in [9.17, 15) is 0 Å². The Morgan fingerprint density at radius 1 is 1.41 bits per heavy atom. The molecule has 1 N–H and O–H groups in total. The molecule has 94 valence electrons. The van der Waals surface area contributed by atoms with Crippen molar-refractivity contribution in [3.8, 4) is 0 Å². The van der Waals surface area contributed by atoms with E-state index in [-0.39, 0.29) is 0 Å². The SMILES string of the molecule is C=C(C)CC(NCCC)c1ccc(C)nc1C. The molecule has 0 aliphatic rings. The van der Waals surface area contributed by atoms with Gasteiger partial charge >= 0.3 is 0 Å². The Morgan fingerprint density at radius 2 is 2.12 bits per heavy atom. The maximum Gasteiger partial charge on any atom is 0.0423 e. The van der Waals surface area contributed by atoms with Crippen LogP contribution in [0.2, 0.25) is 0 Å². The van der Waals surface area contributed by atoms with Gasteiger partial charge in [0.2, 0.25) is 0 Å². The lowest BCUT2D eigenvalue weighted by Gasteiger charge is -2.20. The normalized spacial score (nSPS) is 12.5. The van der Waals surface area contributed by atoms with Crippen LogP contribution in [0.5, 0.6) is 0 Å². The van der Waals surface area contributed by atoms with Gasteiger partial charge in [0, 0.05) is 17.4 Å². The van der Waals surface area contributed by atoms with E-state index >= 15 is 0 Å². The molecule has 0 saturated heterocycles. The minimum Gasteiger partial charge on any atom is -0.310 e. The van der Waals surface area contributed by atoms with Gasteiger partial charge in [-0.15, -0.1) is 6.58 Å². The summed E-state index contributed by atoms with van der Waals surface area (Å²) >= 11 is 0. The second kappa shape index (κ2) is 6.55. The molecule has 0 fully saturated rings. The highest BCUT2D eigenvalue weighted by atomic mass is 14.9. The lowest BCUT2D eigenvalue weighted by Crippen LogP contribution is -2.23. The van der Waals surface area contributed by atoms with E-state index in [2.05, 4.69) is 49.8 Å².